The van der Waals surface area contributed by atoms with Gasteiger partial charge in [0.25, 0.3) is 0 Å². The zero-order valence-corrected chi connectivity index (χ0v) is 17.2. The van der Waals surface area contributed by atoms with E-state index >= 15 is 0 Å². The highest BCUT2D eigenvalue weighted by atomic mass is 79.9. The van der Waals surface area contributed by atoms with Crippen LogP contribution < -0.4 is 5.32 Å². The Bertz CT molecular complexity index is 957. The standard InChI is InChI=1S/C19H14BrN3O2S2/c20-15-9-7-14(8-10-15)16(24)12-26-19-23-22-18(27-19)21-17(25)11-6-13-4-2-1-3-5-13/h1-11H,12H2,(H,21,22,25). The highest BCUT2D eigenvalue weighted by Gasteiger charge is 2.11. The number of aromatic nitrogens is 2. The summed E-state index contributed by atoms with van der Waals surface area (Å²) in [7, 11) is 0. The van der Waals surface area contributed by atoms with Gasteiger partial charge in [-0.1, -0.05) is 81.5 Å². The van der Waals surface area contributed by atoms with E-state index in [1.165, 1.54) is 29.2 Å². The molecule has 0 fully saturated rings. The van der Waals surface area contributed by atoms with Crippen molar-refractivity contribution in [2.24, 2.45) is 0 Å². The summed E-state index contributed by atoms with van der Waals surface area (Å²) in [5.74, 6) is -0.00504. The number of hydrogen-bond donors (Lipinski definition) is 1. The van der Waals surface area contributed by atoms with Gasteiger partial charge >= 0.3 is 0 Å². The quantitative estimate of drug-likeness (QED) is 0.234. The number of thioether (sulfide) groups is 1. The van der Waals surface area contributed by atoms with Gasteiger partial charge in [0, 0.05) is 16.1 Å². The zero-order chi connectivity index (χ0) is 19.1. The number of amides is 1. The molecule has 0 aliphatic carbocycles. The van der Waals surface area contributed by atoms with E-state index in [2.05, 4.69) is 31.4 Å². The van der Waals surface area contributed by atoms with Crippen LogP contribution in [0.4, 0.5) is 5.13 Å². The Labute approximate surface area is 173 Å². The second-order valence-corrected chi connectivity index (χ2v) is 8.44. The van der Waals surface area contributed by atoms with Gasteiger partial charge in [0.2, 0.25) is 11.0 Å². The van der Waals surface area contributed by atoms with Crippen LogP contribution in [0.25, 0.3) is 6.08 Å². The molecule has 1 aromatic heterocycles. The van der Waals surface area contributed by atoms with Crippen LogP contribution in [0.2, 0.25) is 0 Å². The minimum absolute atomic E-state index is 0.0130. The molecule has 0 aliphatic rings. The van der Waals surface area contributed by atoms with E-state index in [1.807, 2.05) is 42.5 Å². The first-order valence-electron chi connectivity index (χ1n) is 7.89. The fourth-order valence-electron chi connectivity index (χ4n) is 2.05. The lowest BCUT2D eigenvalue weighted by Crippen LogP contribution is -2.07. The number of carbonyl (C=O) groups is 2. The molecule has 2 aromatic carbocycles. The monoisotopic (exact) mass is 459 g/mol. The molecule has 1 amide bonds. The second-order valence-electron chi connectivity index (χ2n) is 5.33. The molecular weight excluding hydrogens is 446 g/mol. The highest BCUT2D eigenvalue weighted by Crippen LogP contribution is 2.26. The molecule has 1 heterocycles. The minimum atomic E-state index is -0.280. The summed E-state index contributed by atoms with van der Waals surface area (Å²) >= 11 is 5.88. The summed E-state index contributed by atoms with van der Waals surface area (Å²) in [5, 5.41) is 11.0. The van der Waals surface area contributed by atoms with Crippen LogP contribution >= 0.6 is 39.0 Å². The van der Waals surface area contributed by atoms with E-state index in [0.29, 0.717) is 15.0 Å². The molecule has 0 saturated heterocycles. The number of carbonyl (C=O) groups excluding carboxylic acids is 2. The largest absolute Gasteiger partial charge is 0.297 e. The number of benzene rings is 2. The van der Waals surface area contributed by atoms with Crippen LogP contribution in [0, 0.1) is 0 Å². The molecule has 8 heteroatoms. The first-order valence-corrected chi connectivity index (χ1v) is 10.5. The molecule has 0 saturated carbocycles. The van der Waals surface area contributed by atoms with Crippen LogP contribution in [-0.4, -0.2) is 27.6 Å². The topological polar surface area (TPSA) is 72.0 Å². The van der Waals surface area contributed by atoms with Crippen molar-refractivity contribution in [2.75, 3.05) is 11.1 Å². The number of nitrogens with zero attached hydrogens (tertiary/aromatic N) is 2. The Kier molecular flexibility index (Phi) is 6.92. The van der Waals surface area contributed by atoms with Crippen molar-refractivity contribution in [2.45, 2.75) is 4.34 Å². The second kappa shape index (κ2) is 9.59. The maximum absolute atomic E-state index is 12.2. The molecule has 0 unspecified atom stereocenters. The molecule has 3 rings (SSSR count). The summed E-state index contributed by atoms with van der Waals surface area (Å²) in [6, 6.07) is 16.8. The zero-order valence-electron chi connectivity index (χ0n) is 14.0. The predicted octanol–water partition coefficient (Wildman–Crippen LogP) is 4.93. The number of hydrogen-bond acceptors (Lipinski definition) is 6. The number of anilines is 1. The van der Waals surface area contributed by atoms with Gasteiger partial charge in [-0.05, 0) is 23.8 Å². The van der Waals surface area contributed by atoms with Gasteiger partial charge in [-0.25, -0.2) is 0 Å². The summed E-state index contributed by atoms with van der Waals surface area (Å²) in [6.07, 6.45) is 3.17. The Balaban J connectivity index is 1.50. The van der Waals surface area contributed by atoms with E-state index in [1.54, 1.807) is 18.2 Å². The van der Waals surface area contributed by atoms with Crippen LogP contribution in [-0.2, 0) is 4.79 Å². The van der Waals surface area contributed by atoms with Crippen molar-refractivity contribution >= 4 is 61.9 Å². The minimum Gasteiger partial charge on any atom is -0.297 e. The molecule has 0 bridgehead atoms. The lowest BCUT2D eigenvalue weighted by Gasteiger charge is -1.99. The van der Waals surface area contributed by atoms with Crippen molar-refractivity contribution in [3.8, 4) is 0 Å². The van der Waals surface area contributed by atoms with Crippen molar-refractivity contribution in [1.29, 1.82) is 0 Å². The van der Waals surface area contributed by atoms with Crippen LogP contribution in [0.1, 0.15) is 15.9 Å². The van der Waals surface area contributed by atoms with Crippen molar-refractivity contribution < 1.29 is 9.59 Å². The molecule has 5 nitrogen and oxygen atoms in total. The van der Waals surface area contributed by atoms with Crippen molar-refractivity contribution in [3.05, 3.63) is 76.3 Å². The summed E-state index contributed by atoms with van der Waals surface area (Å²) < 4.78 is 1.56. The molecule has 3 aromatic rings. The van der Waals surface area contributed by atoms with E-state index in [-0.39, 0.29) is 17.4 Å². The number of halogens is 1. The summed E-state index contributed by atoms with van der Waals surface area (Å²) in [6.45, 7) is 0. The molecule has 0 aliphatic heterocycles. The maximum Gasteiger partial charge on any atom is 0.250 e. The van der Waals surface area contributed by atoms with Crippen molar-refractivity contribution in [3.63, 3.8) is 0 Å². The average molecular weight is 460 g/mol. The third-order valence-corrected chi connectivity index (χ3v) is 5.86. The first kappa shape index (κ1) is 19.5. The highest BCUT2D eigenvalue weighted by molar-refractivity contribution is 9.10. The Hall–Kier alpha value is -2.29. The van der Waals surface area contributed by atoms with Crippen LogP contribution in [0.15, 0.2) is 69.5 Å². The molecule has 27 heavy (non-hydrogen) atoms. The fraction of sp³-hybridized carbons (Fsp3) is 0.0526. The van der Waals surface area contributed by atoms with Crippen molar-refractivity contribution in [1.82, 2.24) is 10.2 Å². The smallest absolute Gasteiger partial charge is 0.250 e. The van der Waals surface area contributed by atoms with E-state index in [0.717, 1.165) is 10.0 Å². The third-order valence-electron chi connectivity index (χ3n) is 3.36. The Morgan fingerprint density at radius 1 is 1.07 bits per heavy atom. The number of nitrogens with one attached hydrogen (secondary N) is 1. The molecular formula is C19H14BrN3O2S2. The van der Waals surface area contributed by atoms with Gasteiger partial charge in [0.15, 0.2) is 10.1 Å². The Morgan fingerprint density at radius 2 is 1.81 bits per heavy atom. The van der Waals surface area contributed by atoms with Gasteiger partial charge in [-0.15, -0.1) is 10.2 Å². The third kappa shape index (κ3) is 6.13. The van der Waals surface area contributed by atoms with Gasteiger partial charge in [0.05, 0.1) is 5.75 Å². The maximum atomic E-state index is 12.2. The molecule has 0 atom stereocenters. The molecule has 136 valence electrons. The van der Waals surface area contributed by atoms with E-state index in [9.17, 15) is 9.59 Å². The molecule has 0 radical (unpaired) electrons. The fourth-order valence-corrected chi connectivity index (χ4v) is 3.96. The Morgan fingerprint density at radius 3 is 2.56 bits per heavy atom. The lowest BCUT2D eigenvalue weighted by atomic mass is 10.2. The lowest BCUT2D eigenvalue weighted by molar-refractivity contribution is -0.111. The SMILES string of the molecule is O=C(C=Cc1ccccc1)Nc1nnc(SCC(=O)c2ccc(Br)cc2)s1. The number of ketones is 1. The van der Waals surface area contributed by atoms with Gasteiger partial charge in [-0.3, -0.25) is 14.9 Å². The normalized spacial score (nSPS) is 10.9. The predicted molar refractivity (Wildman–Crippen MR) is 113 cm³/mol. The van der Waals surface area contributed by atoms with Gasteiger partial charge < -0.3 is 0 Å². The van der Waals surface area contributed by atoms with E-state index in [4.69, 9.17) is 0 Å². The summed E-state index contributed by atoms with van der Waals surface area (Å²) in [4.78, 5) is 24.1. The van der Waals surface area contributed by atoms with Gasteiger partial charge in [0.1, 0.15) is 0 Å². The molecule has 0 spiro atoms. The number of Topliss-reactive ketones (excluding diaryl/α,β-unsaturated/α-hetero) is 1. The van der Waals surface area contributed by atoms with Crippen LogP contribution in [0.5, 0.6) is 0 Å². The van der Waals surface area contributed by atoms with Gasteiger partial charge in [-0.2, -0.15) is 0 Å². The van der Waals surface area contributed by atoms with E-state index < -0.39 is 0 Å². The number of rotatable bonds is 7. The first-order chi connectivity index (χ1) is 13.1. The molecule has 1 N–H and O–H groups in total. The summed E-state index contributed by atoms with van der Waals surface area (Å²) in [5.41, 5.74) is 1.59. The van der Waals surface area contributed by atoms with Crippen LogP contribution in [0.3, 0.4) is 0 Å². The average Bonchev–Trinajstić information content (AvgIpc) is 3.13.